The molecule has 0 aliphatic carbocycles. The van der Waals surface area contributed by atoms with E-state index in [1.807, 2.05) is 24.3 Å². The van der Waals surface area contributed by atoms with Crippen LogP contribution in [0.3, 0.4) is 0 Å². The number of primary sulfonamides is 1. The van der Waals surface area contributed by atoms with Gasteiger partial charge in [0.05, 0.1) is 4.90 Å². The highest BCUT2D eigenvalue weighted by Gasteiger charge is 2.07. The lowest BCUT2D eigenvalue weighted by Crippen LogP contribution is -2.23. The van der Waals surface area contributed by atoms with Gasteiger partial charge in [0, 0.05) is 16.4 Å². The lowest BCUT2D eigenvalue weighted by atomic mass is 10.2. The maximum absolute atomic E-state index is 11.7. The third kappa shape index (κ3) is 5.20. The van der Waals surface area contributed by atoms with Crippen LogP contribution in [0.15, 0.2) is 64.1 Å². The van der Waals surface area contributed by atoms with Crippen molar-refractivity contribution >= 4 is 43.7 Å². The monoisotopic (exact) mass is 395 g/mol. The lowest BCUT2D eigenvalue weighted by Gasteiger charge is -2.05. The molecule has 2 rings (SSSR count). The summed E-state index contributed by atoms with van der Waals surface area (Å²) in [6.07, 6.45) is 3.25. The molecule has 0 heterocycles. The predicted molar refractivity (Wildman–Crippen MR) is 93.1 cm³/mol. The molecule has 0 aliphatic rings. The molecule has 23 heavy (non-hydrogen) atoms. The molecule has 8 heteroatoms. The fraction of sp³-hybridized carbons (Fsp3) is 0. The van der Waals surface area contributed by atoms with Gasteiger partial charge in [-0.1, -0.05) is 34.1 Å². The molecule has 0 radical (unpaired) electrons. The summed E-state index contributed by atoms with van der Waals surface area (Å²) >= 11 is 3.40. The third-order valence-corrected chi connectivity index (χ3v) is 4.47. The van der Waals surface area contributed by atoms with E-state index in [0.717, 1.165) is 10.0 Å². The van der Waals surface area contributed by atoms with E-state index in [4.69, 9.17) is 5.14 Å². The first-order valence-electron chi connectivity index (χ1n) is 6.48. The molecule has 0 saturated heterocycles. The van der Waals surface area contributed by atoms with Crippen LogP contribution < -0.4 is 15.8 Å². The molecule has 4 N–H and O–H groups in total. The normalized spacial score (nSPS) is 11.4. The van der Waals surface area contributed by atoms with Crippen LogP contribution in [0.2, 0.25) is 0 Å². The van der Waals surface area contributed by atoms with Crippen molar-refractivity contribution in [3.05, 3.63) is 64.8 Å². The quantitative estimate of drug-likeness (QED) is 0.741. The van der Waals surface area contributed by atoms with Crippen molar-refractivity contribution in [1.29, 1.82) is 0 Å². The zero-order valence-electron chi connectivity index (χ0n) is 11.9. The molecule has 2 aromatic rings. The van der Waals surface area contributed by atoms with Crippen LogP contribution in [-0.2, 0) is 10.0 Å². The van der Waals surface area contributed by atoms with E-state index in [0.29, 0.717) is 5.69 Å². The maximum Gasteiger partial charge on any atom is 0.323 e. The van der Waals surface area contributed by atoms with E-state index >= 15 is 0 Å². The molecule has 0 unspecified atom stereocenters. The molecule has 0 fully saturated rings. The number of urea groups is 1. The summed E-state index contributed by atoms with van der Waals surface area (Å²) in [5.74, 6) is 0. The number of rotatable bonds is 4. The number of nitrogens with two attached hydrogens (primary N) is 1. The van der Waals surface area contributed by atoms with Gasteiger partial charge >= 0.3 is 6.03 Å². The number of carbonyl (C=O) groups is 1. The molecule has 0 bridgehead atoms. The first-order valence-corrected chi connectivity index (χ1v) is 8.81. The van der Waals surface area contributed by atoms with Gasteiger partial charge in [-0.2, -0.15) is 0 Å². The van der Waals surface area contributed by atoms with Gasteiger partial charge in [-0.25, -0.2) is 18.4 Å². The first-order chi connectivity index (χ1) is 10.9. The summed E-state index contributed by atoms with van der Waals surface area (Å²) < 4.78 is 23.2. The van der Waals surface area contributed by atoms with Crippen molar-refractivity contribution < 1.29 is 13.2 Å². The van der Waals surface area contributed by atoms with Crippen molar-refractivity contribution in [3.63, 3.8) is 0 Å². The van der Waals surface area contributed by atoms with Crippen LogP contribution in [-0.4, -0.2) is 14.4 Å². The van der Waals surface area contributed by atoms with Crippen LogP contribution in [0.25, 0.3) is 6.08 Å². The standard InChI is InChI=1S/C15H14BrN3O3S/c16-14-4-2-1-3-11(14)9-10-18-15(20)19-12-5-7-13(8-6-12)23(17,21)22/h1-10H,(H2,17,21,22)(H2,18,19,20)/b10-9+. The molecule has 0 atom stereocenters. The summed E-state index contributed by atoms with van der Waals surface area (Å²) in [7, 11) is -3.74. The molecule has 6 nitrogen and oxygen atoms in total. The zero-order chi connectivity index (χ0) is 16.9. The van der Waals surface area contributed by atoms with Crippen molar-refractivity contribution in [1.82, 2.24) is 5.32 Å². The van der Waals surface area contributed by atoms with Crippen LogP contribution in [0.5, 0.6) is 0 Å². The van der Waals surface area contributed by atoms with E-state index in [9.17, 15) is 13.2 Å². The number of sulfonamides is 1. The predicted octanol–water partition coefficient (Wildman–Crippen LogP) is 2.89. The average Bonchev–Trinajstić information content (AvgIpc) is 2.49. The van der Waals surface area contributed by atoms with Gasteiger partial charge in [0.1, 0.15) is 0 Å². The summed E-state index contributed by atoms with van der Waals surface area (Å²) in [5.41, 5.74) is 1.37. The molecule has 0 spiro atoms. The smallest absolute Gasteiger partial charge is 0.314 e. The van der Waals surface area contributed by atoms with Crippen molar-refractivity contribution in [2.45, 2.75) is 4.90 Å². The number of carbonyl (C=O) groups excluding carboxylic acids is 1. The largest absolute Gasteiger partial charge is 0.323 e. The van der Waals surface area contributed by atoms with Gasteiger partial charge in [0.15, 0.2) is 0 Å². The molecule has 0 aliphatic heterocycles. The van der Waals surface area contributed by atoms with Crippen LogP contribution in [0.4, 0.5) is 10.5 Å². The van der Waals surface area contributed by atoms with Crippen molar-refractivity contribution in [3.8, 4) is 0 Å². The van der Waals surface area contributed by atoms with Gasteiger partial charge in [-0.3, -0.25) is 0 Å². The Hall–Kier alpha value is -2.16. The van der Waals surface area contributed by atoms with Crippen LogP contribution >= 0.6 is 15.9 Å². The molecule has 0 saturated carbocycles. The molecular weight excluding hydrogens is 382 g/mol. The van der Waals surface area contributed by atoms with Gasteiger partial charge in [0.2, 0.25) is 10.0 Å². The minimum absolute atomic E-state index is 0.0164. The average molecular weight is 396 g/mol. The fourth-order valence-electron chi connectivity index (χ4n) is 1.71. The second-order valence-corrected chi connectivity index (χ2v) is 6.94. The molecule has 2 aromatic carbocycles. The maximum atomic E-state index is 11.7. The highest BCUT2D eigenvalue weighted by molar-refractivity contribution is 9.10. The van der Waals surface area contributed by atoms with E-state index in [1.54, 1.807) is 6.08 Å². The third-order valence-electron chi connectivity index (χ3n) is 2.82. The number of anilines is 1. The van der Waals surface area contributed by atoms with E-state index in [-0.39, 0.29) is 4.90 Å². The molecule has 120 valence electrons. The Bertz CT molecular complexity index is 833. The first kappa shape index (κ1) is 17.2. The number of benzene rings is 2. The SMILES string of the molecule is NS(=O)(=O)c1ccc(NC(=O)N/C=C/c2ccccc2Br)cc1. The van der Waals surface area contributed by atoms with Crippen LogP contribution in [0, 0.1) is 0 Å². The minimum atomic E-state index is -3.74. The second-order valence-electron chi connectivity index (χ2n) is 4.52. The number of halogens is 1. The molecule has 0 aromatic heterocycles. The number of amides is 2. The van der Waals surface area contributed by atoms with E-state index < -0.39 is 16.1 Å². The number of hydrogen-bond acceptors (Lipinski definition) is 3. The van der Waals surface area contributed by atoms with Crippen LogP contribution in [0.1, 0.15) is 5.56 Å². The van der Waals surface area contributed by atoms with E-state index in [2.05, 4.69) is 26.6 Å². The Kier molecular flexibility index (Phi) is 5.54. The lowest BCUT2D eigenvalue weighted by molar-refractivity contribution is 0.255. The van der Waals surface area contributed by atoms with Crippen molar-refractivity contribution in [2.24, 2.45) is 5.14 Å². The Labute approximate surface area is 142 Å². The summed E-state index contributed by atoms with van der Waals surface area (Å²) in [4.78, 5) is 11.7. The Morgan fingerprint density at radius 2 is 1.74 bits per heavy atom. The number of hydrogen-bond donors (Lipinski definition) is 3. The summed E-state index contributed by atoms with van der Waals surface area (Å²) in [5, 5.41) is 10.1. The Morgan fingerprint density at radius 3 is 2.35 bits per heavy atom. The summed E-state index contributed by atoms with van der Waals surface area (Å²) in [6, 6.07) is 12.7. The van der Waals surface area contributed by atoms with Gasteiger partial charge in [-0.15, -0.1) is 0 Å². The van der Waals surface area contributed by atoms with Gasteiger partial charge < -0.3 is 10.6 Å². The second kappa shape index (κ2) is 7.40. The van der Waals surface area contributed by atoms with E-state index in [1.165, 1.54) is 30.5 Å². The molecular formula is C15H14BrN3O3S. The summed E-state index contributed by atoms with van der Waals surface area (Å²) in [6.45, 7) is 0. The highest BCUT2D eigenvalue weighted by atomic mass is 79.9. The van der Waals surface area contributed by atoms with Crippen molar-refractivity contribution in [2.75, 3.05) is 5.32 Å². The topological polar surface area (TPSA) is 101 Å². The highest BCUT2D eigenvalue weighted by Crippen LogP contribution is 2.16. The fourth-order valence-corrected chi connectivity index (χ4v) is 2.64. The molecule has 2 amide bonds. The Balaban J connectivity index is 1.94. The van der Waals surface area contributed by atoms with Gasteiger partial charge in [-0.05, 0) is 42.0 Å². The van der Waals surface area contributed by atoms with Gasteiger partial charge in [0.25, 0.3) is 0 Å². The Morgan fingerprint density at radius 1 is 1.09 bits per heavy atom. The number of nitrogens with one attached hydrogen (secondary N) is 2. The minimum Gasteiger partial charge on any atom is -0.314 e. The zero-order valence-corrected chi connectivity index (χ0v) is 14.3.